The molecular weight excluding hydrogens is 364 g/mol. The fraction of sp³-hybridized carbons (Fsp3) is 0.652. The van der Waals surface area contributed by atoms with Gasteiger partial charge in [0.2, 0.25) is 5.91 Å². The van der Waals surface area contributed by atoms with Crippen molar-refractivity contribution in [3.8, 4) is 5.75 Å². The number of nitrogens with zero attached hydrogens (tertiary/aromatic N) is 1. The van der Waals surface area contributed by atoms with Crippen LogP contribution < -0.4 is 20.7 Å². The van der Waals surface area contributed by atoms with Gasteiger partial charge in [-0.3, -0.25) is 9.79 Å². The molecular formula is C23H36N4O2. The lowest BCUT2D eigenvalue weighted by molar-refractivity contribution is -0.128. The Labute approximate surface area is 174 Å². The zero-order chi connectivity index (χ0) is 20.9. The third-order valence-corrected chi connectivity index (χ3v) is 5.72. The number of carbonyl (C=O) groups is 1. The summed E-state index contributed by atoms with van der Waals surface area (Å²) in [7, 11) is 0. The van der Waals surface area contributed by atoms with Gasteiger partial charge < -0.3 is 20.7 Å². The van der Waals surface area contributed by atoms with E-state index in [-0.39, 0.29) is 23.0 Å². The highest BCUT2D eigenvalue weighted by atomic mass is 16.5. The van der Waals surface area contributed by atoms with E-state index >= 15 is 0 Å². The molecule has 2 aliphatic rings. The van der Waals surface area contributed by atoms with Crippen LogP contribution in [0.4, 0.5) is 0 Å². The van der Waals surface area contributed by atoms with Crippen molar-refractivity contribution in [2.24, 2.45) is 10.4 Å². The van der Waals surface area contributed by atoms with E-state index in [2.05, 4.69) is 46.1 Å². The smallest absolute Gasteiger partial charge is 0.225 e. The molecule has 0 saturated heterocycles. The summed E-state index contributed by atoms with van der Waals surface area (Å²) in [5, 5.41) is 9.93. The second kappa shape index (κ2) is 9.06. The number of para-hydroxylation sites is 1. The molecule has 0 bridgehead atoms. The SMILES string of the molecule is CCNC(=NCCNC(=O)C(C)(C)C)NC1CC2(CCCC2)Oc2ccccc21. The van der Waals surface area contributed by atoms with Crippen molar-refractivity contribution in [2.75, 3.05) is 19.6 Å². The average molecular weight is 401 g/mol. The van der Waals surface area contributed by atoms with E-state index in [9.17, 15) is 4.79 Å². The first kappa shape index (κ1) is 21.5. The van der Waals surface area contributed by atoms with Crippen molar-refractivity contribution in [2.45, 2.75) is 71.4 Å². The molecule has 1 atom stereocenters. The molecule has 1 fully saturated rings. The first-order valence-electron chi connectivity index (χ1n) is 10.9. The van der Waals surface area contributed by atoms with Gasteiger partial charge in [-0.25, -0.2) is 0 Å². The number of hydrogen-bond donors (Lipinski definition) is 3. The van der Waals surface area contributed by atoms with E-state index in [1.54, 1.807) is 0 Å². The maximum absolute atomic E-state index is 12.0. The van der Waals surface area contributed by atoms with Crippen LogP contribution in [0.5, 0.6) is 5.75 Å². The Morgan fingerprint density at radius 3 is 2.62 bits per heavy atom. The van der Waals surface area contributed by atoms with Gasteiger partial charge in [0.05, 0.1) is 12.6 Å². The van der Waals surface area contributed by atoms with Gasteiger partial charge in [0.1, 0.15) is 11.4 Å². The molecule has 0 aromatic heterocycles. The lowest BCUT2D eigenvalue weighted by atomic mass is 9.86. The second-order valence-corrected chi connectivity index (χ2v) is 9.20. The number of rotatable bonds is 5. The van der Waals surface area contributed by atoms with Crippen LogP contribution >= 0.6 is 0 Å². The molecule has 3 rings (SSSR count). The summed E-state index contributed by atoms with van der Waals surface area (Å²) in [6, 6.07) is 8.49. The van der Waals surface area contributed by atoms with E-state index in [1.807, 2.05) is 26.8 Å². The van der Waals surface area contributed by atoms with Crippen LogP contribution in [-0.4, -0.2) is 37.1 Å². The summed E-state index contributed by atoms with van der Waals surface area (Å²) < 4.78 is 6.46. The van der Waals surface area contributed by atoms with Crippen molar-refractivity contribution in [3.05, 3.63) is 29.8 Å². The van der Waals surface area contributed by atoms with Crippen molar-refractivity contribution in [3.63, 3.8) is 0 Å². The van der Waals surface area contributed by atoms with Crippen molar-refractivity contribution in [1.82, 2.24) is 16.0 Å². The molecule has 1 unspecified atom stereocenters. The zero-order valence-electron chi connectivity index (χ0n) is 18.3. The van der Waals surface area contributed by atoms with Gasteiger partial charge >= 0.3 is 0 Å². The number of fused-ring (bicyclic) bond motifs is 1. The van der Waals surface area contributed by atoms with Crippen LogP contribution in [0.2, 0.25) is 0 Å². The topological polar surface area (TPSA) is 74.8 Å². The van der Waals surface area contributed by atoms with E-state index in [1.165, 1.54) is 18.4 Å². The molecule has 1 saturated carbocycles. The first-order chi connectivity index (χ1) is 13.8. The lowest BCUT2D eigenvalue weighted by Gasteiger charge is -2.40. The molecule has 1 aromatic carbocycles. The van der Waals surface area contributed by atoms with Crippen LogP contribution in [0.1, 0.15) is 71.4 Å². The normalized spacial score (nSPS) is 20.7. The second-order valence-electron chi connectivity index (χ2n) is 9.20. The monoisotopic (exact) mass is 400 g/mol. The lowest BCUT2D eigenvalue weighted by Crippen LogP contribution is -2.47. The van der Waals surface area contributed by atoms with Gasteiger partial charge in [0, 0.05) is 30.5 Å². The predicted octanol–water partition coefficient (Wildman–Crippen LogP) is 3.54. The zero-order valence-corrected chi connectivity index (χ0v) is 18.3. The van der Waals surface area contributed by atoms with Crippen molar-refractivity contribution < 1.29 is 9.53 Å². The molecule has 1 spiro atoms. The number of hydrogen-bond acceptors (Lipinski definition) is 3. The van der Waals surface area contributed by atoms with Crippen molar-refractivity contribution >= 4 is 11.9 Å². The molecule has 160 valence electrons. The fourth-order valence-corrected chi connectivity index (χ4v) is 4.16. The van der Waals surface area contributed by atoms with E-state index in [0.717, 1.165) is 37.5 Å². The van der Waals surface area contributed by atoms with E-state index in [4.69, 9.17) is 4.74 Å². The number of aliphatic imine (C=N–C) groups is 1. The number of benzene rings is 1. The maximum Gasteiger partial charge on any atom is 0.225 e. The molecule has 3 N–H and O–H groups in total. The van der Waals surface area contributed by atoms with Gasteiger partial charge in [-0.15, -0.1) is 0 Å². The number of ether oxygens (including phenoxy) is 1. The van der Waals surface area contributed by atoms with Gasteiger partial charge in [-0.2, -0.15) is 0 Å². The number of amides is 1. The van der Waals surface area contributed by atoms with Crippen LogP contribution in [0, 0.1) is 5.41 Å². The minimum atomic E-state index is -0.381. The highest BCUT2D eigenvalue weighted by Crippen LogP contribution is 2.46. The summed E-state index contributed by atoms with van der Waals surface area (Å²) in [5.74, 6) is 1.82. The van der Waals surface area contributed by atoms with Crippen LogP contribution in [0.25, 0.3) is 0 Å². The molecule has 1 aliphatic carbocycles. The molecule has 0 radical (unpaired) electrons. The first-order valence-corrected chi connectivity index (χ1v) is 10.9. The Hall–Kier alpha value is -2.24. The largest absolute Gasteiger partial charge is 0.487 e. The van der Waals surface area contributed by atoms with Crippen molar-refractivity contribution in [1.29, 1.82) is 0 Å². The van der Waals surface area contributed by atoms with E-state index in [0.29, 0.717) is 13.1 Å². The molecule has 1 aliphatic heterocycles. The Morgan fingerprint density at radius 1 is 1.21 bits per heavy atom. The highest BCUT2D eigenvalue weighted by molar-refractivity contribution is 5.82. The Kier molecular flexibility index (Phi) is 6.70. The van der Waals surface area contributed by atoms with Gasteiger partial charge in [-0.1, -0.05) is 39.0 Å². The van der Waals surface area contributed by atoms with Crippen LogP contribution in [0.15, 0.2) is 29.3 Å². The maximum atomic E-state index is 12.0. The Morgan fingerprint density at radius 2 is 1.93 bits per heavy atom. The molecule has 1 heterocycles. The Balaban J connectivity index is 1.68. The minimum Gasteiger partial charge on any atom is -0.487 e. The summed E-state index contributed by atoms with van der Waals surface area (Å²) >= 11 is 0. The van der Waals surface area contributed by atoms with Crippen LogP contribution in [0.3, 0.4) is 0 Å². The highest BCUT2D eigenvalue weighted by Gasteiger charge is 2.43. The quantitative estimate of drug-likeness (QED) is 0.401. The Bertz CT molecular complexity index is 733. The molecule has 1 aromatic rings. The predicted molar refractivity (Wildman–Crippen MR) is 117 cm³/mol. The molecule has 6 nitrogen and oxygen atoms in total. The standard InChI is InChI=1S/C23H36N4O2/c1-5-24-21(26-15-14-25-20(28)22(2,3)4)27-18-16-23(12-8-9-13-23)29-19-11-7-6-10-17(18)19/h6-7,10-11,18H,5,8-9,12-16H2,1-4H3,(H,25,28)(H2,24,26,27). The number of carbonyl (C=O) groups excluding carboxylic acids is 1. The van der Waals surface area contributed by atoms with E-state index < -0.39 is 0 Å². The molecule has 1 amide bonds. The van der Waals surface area contributed by atoms with Gasteiger partial charge in [0.15, 0.2) is 5.96 Å². The summed E-state index contributed by atoms with van der Waals surface area (Å²) in [5.41, 5.74) is 0.759. The van der Waals surface area contributed by atoms with Crippen LogP contribution in [-0.2, 0) is 4.79 Å². The fourth-order valence-electron chi connectivity index (χ4n) is 4.16. The molecule has 29 heavy (non-hydrogen) atoms. The third-order valence-electron chi connectivity index (χ3n) is 5.72. The summed E-state index contributed by atoms with van der Waals surface area (Å²) in [6.07, 6.45) is 5.65. The average Bonchev–Trinajstić information content (AvgIpc) is 3.11. The number of guanidine groups is 1. The summed E-state index contributed by atoms with van der Waals surface area (Å²) in [6.45, 7) is 9.66. The third kappa shape index (κ3) is 5.43. The molecule has 6 heteroatoms. The number of nitrogens with one attached hydrogen (secondary N) is 3. The minimum absolute atomic E-state index is 0.0483. The van der Waals surface area contributed by atoms with Gasteiger partial charge in [0.25, 0.3) is 0 Å². The van der Waals surface area contributed by atoms with Gasteiger partial charge in [-0.05, 0) is 38.7 Å². The summed E-state index contributed by atoms with van der Waals surface area (Å²) in [4.78, 5) is 16.7.